The number of piperidine rings is 1. The molecule has 104 valence electrons. The summed E-state index contributed by atoms with van der Waals surface area (Å²) in [6, 6.07) is 9.01. The van der Waals surface area contributed by atoms with Crippen molar-refractivity contribution < 1.29 is 4.39 Å². The highest BCUT2D eigenvalue weighted by Crippen LogP contribution is 2.26. The van der Waals surface area contributed by atoms with Crippen LogP contribution >= 0.6 is 0 Å². The summed E-state index contributed by atoms with van der Waals surface area (Å²) in [6.45, 7) is 2.63. The summed E-state index contributed by atoms with van der Waals surface area (Å²) in [5.41, 5.74) is 1.87. The predicted molar refractivity (Wildman–Crippen MR) is 75.7 cm³/mol. The van der Waals surface area contributed by atoms with Gasteiger partial charge in [-0.3, -0.25) is 4.90 Å². The van der Waals surface area contributed by atoms with E-state index in [4.69, 9.17) is 0 Å². The van der Waals surface area contributed by atoms with Crippen molar-refractivity contribution in [2.75, 3.05) is 13.1 Å². The van der Waals surface area contributed by atoms with Crippen LogP contribution in [0.5, 0.6) is 0 Å². The summed E-state index contributed by atoms with van der Waals surface area (Å²) in [6.07, 6.45) is 5.66. The molecule has 0 saturated carbocycles. The summed E-state index contributed by atoms with van der Waals surface area (Å²) >= 11 is 0. The minimum atomic E-state index is -0.114. The Bertz CT molecular complexity index is 559. The Morgan fingerprint density at radius 3 is 2.95 bits per heavy atom. The second-order valence-electron chi connectivity index (χ2n) is 5.30. The van der Waals surface area contributed by atoms with E-state index in [1.165, 1.54) is 6.07 Å². The maximum absolute atomic E-state index is 13.7. The van der Waals surface area contributed by atoms with Crippen LogP contribution < -0.4 is 0 Å². The molecule has 1 aromatic heterocycles. The molecule has 0 radical (unpaired) electrons. The molecule has 0 unspecified atom stereocenters. The van der Waals surface area contributed by atoms with Gasteiger partial charge in [0, 0.05) is 36.5 Å². The lowest BCUT2D eigenvalue weighted by Gasteiger charge is -2.32. The van der Waals surface area contributed by atoms with Crippen molar-refractivity contribution in [1.82, 2.24) is 14.9 Å². The molecule has 1 atom stereocenters. The van der Waals surface area contributed by atoms with Crippen LogP contribution in [-0.4, -0.2) is 28.0 Å². The molecule has 1 saturated heterocycles. The predicted octanol–water partition coefficient (Wildman–Crippen LogP) is 3.00. The molecule has 1 aromatic carbocycles. The molecule has 3 nitrogen and oxygen atoms in total. The third-order valence-corrected chi connectivity index (χ3v) is 3.88. The zero-order valence-corrected chi connectivity index (χ0v) is 11.4. The first-order valence-corrected chi connectivity index (χ1v) is 7.04. The second-order valence-corrected chi connectivity index (χ2v) is 5.30. The van der Waals surface area contributed by atoms with Gasteiger partial charge in [0.15, 0.2) is 0 Å². The van der Waals surface area contributed by atoms with Gasteiger partial charge in [-0.15, -0.1) is 0 Å². The first-order chi connectivity index (χ1) is 9.83. The van der Waals surface area contributed by atoms with E-state index in [0.29, 0.717) is 12.5 Å². The van der Waals surface area contributed by atoms with Crippen molar-refractivity contribution in [3.8, 4) is 0 Å². The van der Waals surface area contributed by atoms with Crippen molar-refractivity contribution >= 4 is 0 Å². The summed E-state index contributed by atoms with van der Waals surface area (Å²) < 4.78 is 13.7. The van der Waals surface area contributed by atoms with Gasteiger partial charge >= 0.3 is 0 Å². The number of halogens is 1. The van der Waals surface area contributed by atoms with Gasteiger partial charge in [0.1, 0.15) is 12.1 Å². The zero-order chi connectivity index (χ0) is 13.8. The maximum atomic E-state index is 13.7. The molecule has 2 heterocycles. The SMILES string of the molecule is Fc1ccccc1CN1CCC[C@H](c2ccncn2)C1. The number of hydrogen-bond acceptors (Lipinski definition) is 3. The molecule has 20 heavy (non-hydrogen) atoms. The lowest BCUT2D eigenvalue weighted by Crippen LogP contribution is -2.34. The van der Waals surface area contributed by atoms with Gasteiger partial charge in [-0.2, -0.15) is 0 Å². The van der Waals surface area contributed by atoms with Crippen LogP contribution in [0.2, 0.25) is 0 Å². The fourth-order valence-corrected chi connectivity index (χ4v) is 2.85. The minimum absolute atomic E-state index is 0.114. The van der Waals surface area contributed by atoms with Crippen LogP contribution in [0.3, 0.4) is 0 Å². The van der Waals surface area contributed by atoms with Gasteiger partial charge in [0.2, 0.25) is 0 Å². The van der Waals surface area contributed by atoms with E-state index in [2.05, 4.69) is 14.9 Å². The molecule has 0 bridgehead atoms. The van der Waals surface area contributed by atoms with Crippen LogP contribution in [0.15, 0.2) is 42.9 Å². The maximum Gasteiger partial charge on any atom is 0.127 e. The average Bonchev–Trinajstić information content (AvgIpc) is 2.51. The van der Waals surface area contributed by atoms with Crippen molar-refractivity contribution in [2.24, 2.45) is 0 Å². The zero-order valence-electron chi connectivity index (χ0n) is 11.4. The Hall–Kier alpha value is -1.81. The summed E-state index contributed by atoms with van der Waals surface area (Å²) in [5.74, 6) is 0.315. The van der Waals surface area contributed by atoms with Crippen molar-refractivity contribution in [3.05, 3.63) is 59.9 Å². The fraction of sp³-hybridized carbons (Fsp3) is 0.375. The Kier molecular flexibility index (Phi) is 4.02. The van der Waals surface area contributed by atoms with Gasteiger partial charge in [0.05, 0.1) is 0 Å². The Morgan fingerprint density at radius 2 is 2.15 bits per heavy atom. The smallest absolute Gasteiger partial charge is 0.127 e. The van der Waals surface area contributed by atoms with Crippen molar-refractivity contribution in [3.63, 3.8) is 0 Å². The topological polar surface area (TPSA) is 29.0 Å². The molecule has 0 spiro atoms. The van der Waals surface area contributed by atoms with Crippen LogP contribution in [0, 0.1) is 5.82 Å². The number of benzene rings is 1. The Balaban J connectivity index is 1.68. The number of rotatable bonds is 3. The number of likely N-dealkylation sites (tertiary alicyclic amines) is 1. The normalized spacial score (nSPS) is 19.9. The highest BCUT2D eigenvalue weighted by molar-refractivity contribution is 5.17. The summed E-state index contributed by atoms with van der Waals surface area (Å²) in [5, 5.41) is 0. The Morgan fingerprint density at radius 1 is 1.25 bits per heavy atom. The largest absolute Gasteiger partial charge is 0.298 e. The highest BCUT2D eigenvalue weighted by atomic mass is 19.1. The van der Waals surface area contributed by atoms with E-state index >= 15 is 0 Å². The van der Waals surface area contributed by atoms with Crippen molar-refractivity contribution in [2.45, 2.75) is 25.3 Å². The molecule has 0 N–H and O–H groups in total. The van der Waals surface area contributed by atoms with Crippen LogP contribution in [0.4, 0.5) is 4.39 Å². The number of aromatic nitrogens is 2. The third-order valence-electron chi connectivity index (χ3n) is 3.88. The molecular formula is C16H18FN3. The molecule has 1 aliphatic rings. The van der Waals surface area contributed by atoms with E-state index < -0.39 is 0 Å². The molecular weight excluding hydrogens is 253 g/mol. The molecule has 4 heteroatoms. The van der Waals surface area contributed by atoms with Gasteiger partial charge in [-0.1, -0.05) is 18.2 Å². The summed E-state index contributed by atoms with van der Waals surface area (Å²) in [7, 11) is 0. The third kappa shape index (κ3) is 3.02. The van der Waals surface area contributed by atoms with Crippen LogP contribution in [0.1, 0.15) is 30.0 Å². The molecule has 1 aliphatic heterocycles. The highest BCUT2D eigenvalue weighted by Gasteiger charge is 2.22. The number of nitrogens with zero attached hydrogens (tertiary/aromatic N) is 3. The van der Waals surface area contributed by atoms with Gasteiger partial charge in [0.25, 0.3) is 0 Å². The standard InChI is InChI=1S/C16H18FN3/c17-15-6-2-1-4-13(15)10-20-9-3-5-14(11-20)16-7-8-18-12-19-16/h1-2,4,6-8,12,14H,3,5,9-11H2/t14-/m0/s1. The fourth-order valence-electron chi connectivity index (χ4n) is 2.85. The van der Waals surface area contributed by atoms with Gasteiger partial charge in [-0.25, -0.2) is 14.4 Å². The van der Waals surface area contributed by atoms with Crippen LogP contribution in [0.25, 0.3) is 0 Å². The number of hydrogen-bond donors (Lipinski definition) is 0. The van der Waals surface area contributed by atoms with E-state index in [-0.39, 0.29) is 5.82 Å². The summed E-state index contributed by atoms with van der Waals surface area (Å²) in [4.78, 5) is 10.6. The van der Waals surface area contributed by atoms with Crippen LogP contribution in [-0.2, 0) is 6.54 Å². The van der Waals surface area contributed by atoms with E-state index in [1.54, 1.807) is 18.6 Å². The second kappa shape index (κ2) is 6.09. The minimum Gasteiger partial charge on any atom is -0.298 e. The molecule has 0 aliphatic carbocycles. The monoisotopic (exact) mass is 271 g/mol. The molecule has 1 fully saturated rings. The molecule has 0 amide bonds. The van der Waals surface area contributed by atoms with Gasteiger partial charge < -0.3 is 0 Å². The van der Waals surface area contributed by atoms with Crippen molar-refractivity contribution in [1.29, 1.82) is 0 Å². The first kappa shape index (κ1) is 13.2. The molecule has 2 aromatic rings. The quantitative estimate of drug-likeness (QED) is 0.859. The first-order valence-electron chi connectivity index (χ1n) is 7.04. The van der Waals surface area contributed by atoms with E-state index in [9.17, 15) is 4.39 Å². The van der Waals surface area contributed by atoms with E-state index in [0.717, 1.165) is 37.2 Å². The van der Waals surface area contributed by atoms with E-state index in [1.807, 2.05) is 18.2 Å². The Labute approximate surface area is 118 Å². The molecule has 3 rings (SSSR count). The average molecular weight is 271 g/mol. The van der Waals surface area contributed by atoms with Gasteiger partial charge in [-0.05, 0) is 31.5 Å². The lowest BCUT2D eigenvalue weighted by atomic mass is 9.94. The lowest BCUT2D eigenvalue weighted by molar-refractivity contribution is 0.196.